The van der Waals surface area contributed by atoms with Gasteiger partial charge in [-0.2, -0.15) is 0 Å². The second kappa shape index (κ2) is 11.3. The minimum absolute atomic E-state index is 0.734. The molecule has 5 nitrogen and oxygen atoms in total. The lowest BCUT2D eigenvalue weighted by molar-refractivity contribution is 0.992. The van der Waals surface area contributed by atoms with Gasteiger partial charge in [-0.25, -0.2) is 15.0 Å². The summed E-state index contributed by atoms with van der Waals surface area (Å²) >= 11 is 0. The Morgan fingerprint density at radius 3 is 1.48 bits per heavy atom. The highest BCUT2D eigenvalue weighted by molar-refractivity contribution is 7.21. The van der Waals surface area contributed by atoms with Crippen molar-refractivity contribution in [1.29, 1.82) is 0 Å². The fraction of sp³-hybridized carbons (Fsp3) is 0.281. The minimum Gasteiger partial charge on any atom is -0.398 e. The van der Waals surface area contributed by atoms with Crippen molar-refractivity contribution < 1.29 is 0 Å². The number of imidazole rings is 1. The normalized spacial score (nSPS) is 12.6. The van der Waals surface area contributed by atoms with Crippen molar-refractivity contribution >= 4 is 46.1 Å². The highest BCUT2D eigenvalue weighted by Gasteiger charge is 2.55. The number of hydrogen-bond acceptors (Lipinski definition) is 4. The van der Waals surface area contributed by atoms with E-state index >= 15 is 0 Å². The number of nitrogens with zero attached hydrogens (tertiary/aromatic N) is 5. The van der Waals surface area contributed by atoms with E-state index in [2.05, 4.69) is 151 Å². The molecule has 5 rings (SSSR count). The highest BCUT2D eigenvalue weighted by Crippen LogP contribution is 2.40. The van der Waals surface area contributed by atoms with Crippen LogP contribution in [0, 0.1) is 0 Å². The number of rotatable bonds is 10. The average molecular weight is 580 g/mol. The summed E-state index contributed by atoms with van der Waals surface area (Å²) in [5, 5.41) is 4.18. The van der Waals surface area contributed by atoms with E-state index in [1.807, 2.05) is 0 Å². The van der Waals surface area contributed by atoms with Gasteiger partial charge < -0.3 is 8.46 Å². The van der Waals surface area contributed by atoms with Gasteiger partial charge in [0.15, 0.2) is 14.1 Å². The van der Waals surface area contributed by atoms with E-state index in [4.69, 9.17) is 9.97 Å². The van der Waals surface area contributed by atoms with Crippen LogP contribution in [0.2, 0.25) is 37.8 Å². The third-order valence-electron chi connectivity index (χ3n) is 8.61. The predicted molar refractivity (Wildman–Crippen MR) is 177 cm³/mol. The summed E-state index contributed by atoms with van der Waals surface area (Å²) in [4.78, 5) is 14.4. The molecule has 40 heavy (non-hydrogen) atoms. The van der Waals surface area contributed by atoms with Crippen LogP contribution >= 0.6 is 0 Å². The first-order valence-corrected chi connectivity index (χ1v) is 22.4. The van der Waals surface area contributed by atoms with Crippen LogP contribution in [0.1, 0.15) is 20.8 Å². The average Bonchev–Trinajstić information content (AvgIpc) is 3.48. The third kappa shape index (κ3) is 4.57. The first-order valence-electron chi connectivity index (χ1n) is 14.5. The topological polar surface area (TPSA) is 46.8 Å². The summed E-state index contributed by atoms with van der Waals surface area (Å²) in [6, 6.07) is 37.3. The van der Waals surface area contributed by atoms with Crippen molar-refractivity contribution in [2.45, 2.75) is 58.5 Å². The second-order valence-electron chi connectivity index (χ2n) is 11.6. The standard InChI is InChI=1S/C32H41N5Si3/c1-7-39(8-2,9-3)37(32-30-31(34-25-33-30)35-26-36(32)38(4,5)6)40(27-19-13-10-14-20-27,28-21-15-11-16-22-28)29-23-17-12-18-24-29/h10-26H,7-9H2,1-6H3. The van der Waals surface area contributed by atoms with Crippen molar-refractivity contribution in [3.63, 3.8) is 0 Å². The van der Waals surface area contributed by atoms with Gasteiger partial charge in [-0.15, -0.1) is 0 Å². The van der Waals surface area contributed by atoms with Crippen LogP contribution < -0.4 is 19.8 Å². The summed E-state index contributed by atoms with van der Waals surface area (Å²) in [5.74, 6) is 1.96. The maximum absolute atomic E-state index is 4.96. The molecule has 0 N–H and O–H groups in total. The number of fused-ring (bicyclic) bond motifs is 1. The maximum Gasteiger partial charge on any atom is 0.246 e. The SMILES string of the molecule is CC[Si](CC)(CC)N(c1c2ncnc-2ncn1[Si](C)(C)C)[Si](c1ccccc1)(c1ccccc1)c1ccccc1. The van der Waals surface area contributed by atoms with Crippen molar-refractivity contribution in [3.8, 4) is 11.5 Å². The number of aromatic nitrogens is 4. The van der Waals surface area contributed by atoms with E-state index in [1.54, 1.807) is 6.33 Å². The Morgan fingerprint density at radius 2 is 1.07 bits per heavy atom. The van der Waals surface area contributed by atoms with Crippen LogP contribution in [-0.2, 0) is 0 Å². The Kier molecular flexibility index (Phi) is 7.94. The van der Waals surface area contributed by atoms with Crippen LogP contribution in [0.15, 0.2) is 104 Å². The third-order valence-corrected chi connectivity index (χ3v) is 22.3. The van der Waals surface area contributed by atoms with Gasteiger partial charge in [-0.05, 0) is 33.7 Å². The molecule has 0 bridgehead atoms. The molecular formula is C32H41N5Si3. The molecule has 0 saturated carbocycles. The fourth-order valence-electron chi connectivity index (χ4n) is 6.39. The molecule has 2 aliphatic rings. The van der Waals surface area contributed by atoms with Gasteiger partial charge in [-0.1, -0.05) is 131 Å². The van der Waals surface area contributed by atoms with Crippen molar-refractivity contribution in [2.75, 3.05) is 4.23 Å². The molecule has 0 saturated heterocycles. The van der Waals surface area contributed by atoms with E-state index in [0.717, 1.165) is 29.7 Å². The molecule has 0 amide bonds. The van der Waals surface area contributed by atoms with Gasteiger partial charge in [0.2, 0.25) is 8.24 Å². The molecule has 8 heteroatoms. The molecular weight excluding hydrogens is 539 g/mol. The lowest BCUT2D eigenvalue weighted by Gasteiger charge is -2.55. The summed E-state index contributed by atoms with van der Waals surface area (Å²) in [5.41, 5.74) is 0.928. The monoisotopic (exact) mass is 579 g/mol. The summed E-state index contributed by atoms with van der Waals surface area (Å²) in [6.07, 6.45) is 3.75. The summed E-state index contributed by atoms with van der Waals surface area (Å²) < 4.78 is 5.53. The zero-order valence-electron chi connectivity index (χ0n) is 24.7. The van der Waals surface area contributed by atoms with Crippen LogP contribution in [0.4, 0.5) is 5.82 Å². The van der Waals surface area contributed by atoms with Crippen molar-refractivity contribution in [3.05, 3.63) is 104 Å². The lowest BCUT2D eigenvalue weighted by Crippen LogP contribution is -2.83. The van der Waals surface area contributed by atoms with Gasteiger partial charge >= 0.3 is 0 Å². The Hall–Kier alpha value is -3.34. The smallest absolute Gasteiger partial charge is 0.246 e. The van der Waals surface area contributed by atoms with Crippen LogP contribution in [0.25, 0.3) is 11.5 Å². The fourth-order valence-corrected chi connectivity index (χ4v) is 20.7. The summed E-state index contributed by atoms with van der Waals surface area (Å²) in [7, 11) is -7.00. The largest absolute Gasteiger partial charge is 0.398 e. The maximum atomic E-state index is 4.96. The van der Waals surface area contributed by atoms with E-state index < -0.39 is 24.7 Å². The summed E-state index contributed by atoms with van der Waals surface area (Å²) in [6.45, 7) is 14.5. The van der Waals surface area contributed by atoms with E-state index in [1.165, 1.54) is 21.4 Å². The van der Waals surface area contributed by atoms with E-state index in [0.29, 0.717) is 0 Å². The number of hydrogen-bond donors (Lipinski definition) is 0. The van der Waals surface area contributed by atoms with Crippen LogP contribution in [0.5, 0.6) is 0 Å². The Balaban J connectivity index is 2.07. The second-order valence-corrected chi connectivity index (χ2v) is 25.5. The predicted octanol–water partition coefficient (Wildman–Crippen LogP) is 5.94. The van der Waals surface area contributed by atoms with E-state index in [-0.39, 0.29) is 0 Å². The van der Waals surface area contributed by atoms with Gasteiger partial charge in [-0.3, -0.25) is 0 Å². The van der Waals surface area contributed by atoms with Crippen LogP contribution in [0.3, 0.4) is 0 Å². The minimum atomic E-state index is -2.89. The first kappa shape index (κ1) is 28.2. The number of anilines is 1. The molecule has 0 aliphatic carbocycles. The molecule has 2 aliphatic heterocycles. The quantitative estimate of drug-likeness (QED) is 0.152. The molecule has 3 aromatic rings. The molecule has 0 spiro atoms. The molecule has 206 valence electrons. The molecule has 0 unspecified atom stereocenters. The zero-order valence-corrected chi connectivity index (χ0v) is 27.7. The Labute approximate surface area is 242 Å². The lowest BCUT2D eigenvalue weighted by atomic mass is 10.3. The van der Waals surface area contributed by atoms with Crippen LogP contribution in [-0.4, -0.2) is 43.9 Å². The highest BCUT2D eigenvalue weighted by atomic mass is 28.4. The van der Waals surface area contributed by atoms with Gasteiger partial charge in [0, 0.05) is 0 Å². The zero-order chi connectivity index (χ0) is 28.4. The molecule has 0 fully saturated rings. The van der Waals surface area contributed by atoms with E-state index in [9.17, 15) is 0 Å². The molecule has 0 aromatic heterocycles. The molecule has 3 aromatic carbocycles. The van der Waals surface area contributed by atoms with Gasteiger partial charge in [0.1, 0.15) is 26.1 Å². The van der Waals surface area contributed by atoms with Crippen molar-refractivity contribution in [2.24, 2.45) is 0 Å². The Bertz CT molecular complexity index is 1390. The molecule has 0 atom stereocenters. The molecule has 0 radical (unpaired) electrons. The first-order chi connectivity index (χ1) is 19.3. The number of benzene rings is 3. The van der Waals surface area contributed by atoms with Gasteiger partial charge in [0.25, 0.3) is 0 Å². The Morgan fingerprint density at radius 1 is 0.625 bits per heavy atom. The molecule has 2 heterocycles. The van der Waals surface area contributed by atoms with Gasteiger partial charge in [0.05, 0.1) is 6.33 Å². The van der Waals surface area contributed by atoms with Crippen molar-refractivity contribution in [1.82, 2.24) is 19.2 Å².